The third-order valence-corrected chi connectivity index (χ3v) is 2.72. The highest BCUT2D eigenvalue weighted by Gasteiger charge is 2.01. The SMILES string of the molecule is Cc1nc(NCCCN)sc1C. The molecule has 68 valence electrons. The van der Waals surface area contributed by atoms with Crippen LogP contribution in [0.2, 0.25) is 0 Å². The van der Waals surface area contributed by atoms with Gasteiger partial charge in [-0.15, -0.1) is 11.3 Å². The number of aromatic nitrogens is 1. The molecule has 3 nitrogen and oxygen atoms in total. The Morgan fingerprint density at radius 2 is 2.25 bits per heavy atom. The Balaban J connectivity index is 2.42. The molecule has 0 aliphatic rings. The van der Waals surface area contributed by atoms with Crippen molar-refractivity contribution in [3.8, 4) is 0 Å². The molecular formula is C8H15N3S. The smallest absolute Gasteiger partial charge is 0.183 e. The number of nitrogens with two attached hydrogens (primary N) is 1. The molecule has 1 heterocycles. The Labute approximate surface area is 77.0 Å². The average molecular weight is 185 g/mol. The number of nitrogens with one attached hydrogen (secondary N) is 1. The van der Waals surface area contributed by atoms with E-state index in [1.165, 1.54) is 4.88 Å². The zero-order valence-electron chi connectivity index (χ0n) is 7.55. The summed E-state index contributed by atoms with van der Waals surface area (Å²) in [5, 5.41) is 4.25. The first-order valence-corrected chi connectivity index (χ1v) is 4.93. The van der Waals surface area contributed by atoms with E-state index in [0.29, 0.717) is 0 Å². The lowest BCUT2D eigenvalue weighted by Crippen LogP contribution is -2.08. The number of thiazole rings is 1. The van der Waals surface area contributed by atoms with Crippen molar-refractivity contribution in [1.29, 1.82) is 0 Å². The Kier molecular flexibility index (Phi) is 3.49. The Hall–Kier alpha value is -0.610. The molecule has 0 spiro atoms. The molecule has 0 aliphatic carbocycles. The molecule has 0 amide bonds. The van der Waals surface area contributed by atoms with Crippen molar-refractivity contribution in [2.24, 2.45) is 5.73 Å². The van der Waals surface area contributed by atoms with Gasteiger partial charge in [0, 0.05) is 11.4 Å². The summed E-state index contributed by atoms with van der Waals surface area (Å²) in [6.07, 6.45) is 0.998. The highest BCUT2D eigenvalue weighted by molar-refractivity contribution is 7.15. The minimum atomic E-state index is 0.732. The van der Waals surface area contributed by atoms with E-state index in [1.807, 2.05) is 6.92 Å². The maximum Gasteiger partial charge on any atom is 0.183 e. The number of nitrogens with zero attached hydrogens (tertiary/aromatic N) is 1. The summed E-state index contributed by atoms with van der Waals surface area (Å²) >= 11 is 1.70. The minimum Gasteiger partial charge on any atom is -0.361 e. The zero-order valence-corrected chi connectivity index (χ0v) is 8.37. The summed E-state index contributed by atoms with van der Waals surface area (Å²) < 4.78 is 0. The Morgan fingerprint density at radius 3 is 2.75 bits per heavy atom. The quantitative estimate of drug-likeness (QED) is 0.699. The summed E-state index contributed by atoms with van der Waals surface area (Å²) in [6.45, 7) is 5.76. The third kappa shape index (κ3) is 2.46. The van der Waals surface area contributed by atoms with E-state index in [2.05, 4.69) is 17.2 Å². The molecule has 0 bridgehead atoms. The van der Waals surface area contributed by atoms with Crippen molar-refractivity contribution < 1.29 is 0 Å². The summed E-state index contributed by atoms with van der Waals surface area (Å²) in [5.74, 6) is 0. The van der Waals surface area contributed by atoms with Gasteiger partial charge in [0.2, 0.25) is 0 Å². The van der Waals surface area contributed by atoms with Crippen molar-refractivity contribution >= 4 is 16.5 Å². The van der Waals surface area contributed by atoms with E-state index in [0.717, 1.165) is 30.3 Å². The van der Waals surface area contributed by atoms with Crippen LogP contribution in [0.5, 0.6) is 0 Å². The van der Waals surface area contributed by atoms with Crippen LogP contribution in [-0.2, 0) is 0 Å². The van der Waals surface area contributed by atoms with Crippen molar-refractivity contribution in [2.75, 3.05) is 18.4 Å². The van der Waals surface area contributed by atoms with Crippen LogP contribution in [-0.4, -0.2) is 18.1 Å². The predicted molar refractivity (Wildman–Crippen MR) is 53.7 cm³/mol. The van der Waals surface area contributed by atoms with Gasteiger partial charge in [-0.25, -0.2) is 4.98 Å². The second-order valence-corrected chi connectivity index (χ2v) is 3.93. The predicted octanol–water partition coefficient (Wildman–Crippen LogP) is 1.52. The lowest BCUT2D eigenvalue weighted by Gasteiger charge is -1.98. The van der Waals surface area contributed by atoms with Gasteiger partial charge in [-0.1, -0.05) is 0 Å². The molecule has 4 heteroatoms. The maximum atomic E-state index is 5.37. The minimum absolute atomic E-state index is 0.732. The highest BCUT2D eigenvalue weighted by Crippen LogP contribution is 2.20. The van der Waals surface area contributed by atoms with Crippen LogP contribution in [0.3, 0.4) is 0 Å². The lowest BCUT2D eigenvalue weighted by molar-refractivity contribution is 0.872. The van der Waals surface area contributed by atoms with E-state index in [1.54, 1.807) is 11.3 Å². The van der Waals surface area contributed by atoms with Gasteiger partial charge < -0.3 is 11.1 Å². The monoisotopic (exact) mass is 185 g/mol. The Morgan fingerprint density at radius 1 is 1.50 bits per heavy atom. The molecule has 1 aromatic heterocycles. The van der Waals surface area contributed by atoms with E-state index >= 15 is 0 Å². The molecular weight excluding hydrogens is 170 g/mol. The number of rotatable bonds is 4. The molecule has 3 N–H and O–H groups in total. The number of aryl methyl sites for hydroxylation is 2. The summed E-state index contributed by atoms with van der Waals surface area (Å²) in [6, 6.07) is 0. The number of hydrogen-bond donors (Lipinski definition) is 2. The molecule has 1 rings (SSSR count). The van der Waals surface area contributed by atoms with Crippen molar-refractivity contribution in [3.05, 3.63) is 10.6 Å². The van der Waals surface area contributed by atoms with Gasteiger partial charge >= 0.3 is 0 Å². The number of anilines is 1. The average Bonchev–Trinajstić information content (AvgIpc) is 2.32. The second kappa shape index (κ2) is 4.42. The van der Waals surface area contributed by atoms with Crippen LogP contribution in [0.4, 0.5) is 5.13 Å². The van der Waals surface area contributed by atoms with Gasteiger partial charge in [-0.2, -0.15) is 0 Å². The first-order valence-electron chi connectivity index (χ1n) is 4.12. The normalized spacial score (nSPS) is 10.2. The van der Waals surface area contributed by atoms with Crippen molar-refractivity contribution in [2.45, 2.75) is 20.3 Å². The topological polar surface area (TPSA) is 50.9 Å². The molecule has 1 aromatic rings. The van der Waals surface area contributed by atoms with Gasteiger partial charge in [-0.05, 0) is 26.8 Å². The van der Waals surface area contributed by atoms with Crippen LogP contribution in [0.1, 0.15) is 17.0 Å². The molecule has 0 radical (unpaired) electrons. The molecule has 0 aromatic carbocycles. The number of hydrogen-bond acceptors (Lipinski definition) is 4. The molecule has 0 atom stereocenters. The molecule has 0 saturated carbocycles. The summed E-state index contributed by atoms with van der Waals surface area (Å²) in [7, 11) is 0. The maximum absolute atomic E-state index is 5.37. The fourth-order valence-electron chi connectivity index (χ4n) is 0.846. The molecule has 12 heavy (non-hydrogen) atoms. The van der Waals surface area contributed by atoms with Crippen LogP contribution >= 0.6 is 11.3 Å². The molecule has 0 unspecified atom stereocenters. The van der Waals surface area contributed by atoms with Gasteiger partial charge in [0.25, 0.3) is 0 Å². The molecule has 0 saturated heterocycles. The van der Waals surface area contributed by atoms with Gasteiger partial charge in [0.1, 0.15) is 0 Å². The highest BCUT2D eigenvalue weighted by atomic mass is 32.1. The van der Waals surface area contributed by atoms with Gasteiger partial charge in [0.15, 0.2) is 5.13 Å². The Bertz CT molecular complexity index is 225. The van der Waals surface area contributed by atoms with Gasteiger partial charge in [-0.3, -0.25) is 0 Å². The fourth-order valence-corrected chi connectivity index (χ4v) is 1.69. The summed E-state index contributed by atoms with van der Waals surface area (Å²) in [4.78, 5) is 5.63. The van der Waals surface area contributed by atoms with Crippen LogP contribution < -0.4 is 11.1 Å². The first-order chi connectivity index (χ1) is 5.74. The fraction of sp³-hybridized carbons (Fsp3) is 0.625. The largest absolute Gasteiger partial charge is 0.361 e. The van der Waals surface area contributed by atoms with Crippen molar-refractivity contribution in [1.82, 2.24) is 4.98 Å². The second-order valence-electron chi connectivity index (χ2n) is 2.73. The zero-order chi connectivity index (χ0) is 8.97. The van der Waals surface area contributed by atoms with E-state index < -0.39 is 0 Å². The van der Waals surface area contributed by atoms with E-state index in [4.69, 9.17) is 5.73 Å². The van der Waals surface area contributed by atoms with E-state index in [9.17, 15) is 0 Å². The molecule has 0 fully saturated rings. The van der Waals surface area contributed by atoms with Crippen LogP contribution in [0.25, 0.3) is 0 Å². The van der Waals surface area contributed by atoms with Crippen LogP contribution in [0.15, 0.2) is 0 Å². The first kappa shape index (κ1) is 9.48. The third-order valence-electron chi connectivity index (χ3n) is 1.69. The molecule has 0 aliphatic heterocycles. The van der Waals surface area contributed by atoms with Crippen molar-refractivity contribution in [3.63, 3.8) is 0 Å². The van der Waals surface area contributed by atoms with E-state index in [-0.39, 0.29) is 0 Å². The van der Waals surface area contributed by atoms with Crippen LogP contribution in [0, 0.1) is 13.8 Å². The van der Waals surface area contributed by atoms with Gasteiger partial charge in [0.05, 0.1) is 5.69 Å². The standard InChI is InChI=1S/C8H15N3S/c1-6-7(2)12-8(11-6)10-5-3-4-9/h3-5,9H2,1-2H3,(H,10,11). The summed E-state index contributed by atoms with van der Waals surface area (Å²) in [5.41, 5.74) is 6.49. The lowest BCUT2D eigenvalue weighted by atomic mass is 10.4.